The highest BCUT2D eigenvalue weighted by Gasteiger charge is 2.24. The average molecular weight is 440 g/mol. The van der Waals surface area contributed by atoms with Gasteiger partial charge in [-0.2, -0.15) is 16.8 Å². The van der Waals surface area contributed by atoms with E-state index < -0.39 is 0 Å². The molecule has 0 fully saturated rings. The second kappa shape index (κ2) is 9.12. The molecule has 0 aliphatic heterocycles. The highest BCUT2D eigenvalue weighted by Crippen LogP contribution is 2.27. The van der Waals surface area contributed by atoms with Crippen LogP contribution in [0.15, 0.2) is 119 Å². The van der Waals surface area contributed by atoms with Gasteiger partial charge in [-0.3, -0.25) is 0 Å². The van der Waals surface area contributed by atoms with Gasteiger partial charge >= 0.3 is 0 Å². The molecule has 0 atom stereocenters. The van der Waals surface area contributed by atoms with Gasteiger partial charge in [-0.05, 0) is 45.8 Å². The van der Waals surface area contributed by atoms with Crippen LogP contribution in [0.5, 0.6) is 11.5 Å². The summed E-state index contributed by atoms with van der Waals surface area (Å²) in [6.45, 7) is 7.23. The van der Waals surface area contributed by atoms with Crippen molar-refractivity contribution < 1.29 is 9.47 Å². The minimum absolute atomic E-state index is 0.273. The summed E-state index contributed by atoms with van der Waals surface area (Å²) in [6, 6.07) is 27.2. The predicted molar refractivity (Wildman–Crippen MR) is 132 cm³/mol. The Bertz CT molecular complexity index is 1510. The Hall–Kier alpha value is -5.20. The fourth-order valence-electron chi connectivity index (χ4n) is 3.69. The molecule has 0 saturated carbocycles. The summed E-state index contributed by atoms with van der Waals surface area (Å²) in [6.07, 6.45) is 4.91. The quantitative estimate of drug-likeness (QED) is 0.159. The van der Waals surface area contributed by atoms with Crippen LogP contribution in [-0.2, 0) is 0 Å². The van der Waals surface area contributed by atoms with E-state index in [0.717, 1.165) is 21.5 Å². The van der Waals surface area contributed by atoms with Gasteiger partial charge in [0.25, 0.3) is 0 Å². The molecule has 6 nitrogen and oxygen atoms in total. The van der Waals surface area contributed by atoms with Crippen molar-refractivity contribution in [1.82, 2.24) is 0 Å². The fraction of sp³-hybridized carbons (Fsp3) is 0. The lowest BCUT2D eigenvalue weighted by Crippen LogP contribution is -2.20. The largest absolute Gasteiger partial charge is 0.455 e. The zero-order chi connectivity index (χ0) is 23.3. The number of ether oxygens (including phenoxy) is 2. The van der Waals surface area contributed by atoms with Gasteiger partial charge in [0.1, 0.15) is 17.2 Å². The number of fused-ring (bicyclic) bond motifs is 2. The molecule has 4 aromatic rings. The molecule has 1 aliphatic carbocycles. The van der Waals surface area contributed by atoms with Crippen molar-refractivity contribution in [3.05, 3.63) is 120 Å². The normalized spacial score (nSPS) is 15.5. The smallest absolute Gasteiger partial charge is 0.206 e. The topological polar surface area (TPSA) is 71.3 Å². The first kappa shape index (κ1) is 20.7. The standard InChI is InChI=1S/C28H16N4O2/c1-30-32-26-17-27(33-23-12-10-19-6-2-4-8-21(19)14-23)25(31-18-29)16-28(26)34-24-13-11-20-7-3-5-9-22(20)15-24/h2-17H/b31-25?,32-26-. The van der Waals surface area contributed by atoms with Crippen molar-refractivity contribution in [2.24, 2.45) is 10.1 Å². The van der Waals surface area contributed by atoms with Crippen LogP contribution in [0.25, 0.3) is 26.5 Å². The van der Waals surface area contributed by atoms with Crippen LogP contribution in [0.1, 0.15) is 0 Å². The van der Waals surface area contributed by atoms with Crippen molar-refractivity contribution in [2.75, 3.05) is 0 Å². The van der Waals surface area contributed by atoms with Crippen molar-refractivity contribution in [2.45, 2.75) is 0 Å². The van der Waals surface area contributed by atoms with Crippen LogP contribution in [-0.4, -0.2) is 11.4 Å². The first-order valence-electron chi connectivity index (χ1n) is 10.4. The molecule has 0 N–H and O–H groups in total. The molecular formula is C28H16N4O2. The van der Waals surface area contributed by atoms with Gasteiger partial charge in [0.15, 0.2) is 17.2 Å². The molecule has 0 aromatic heterocycles. The summed E-state index contributed by atoms with van der Waals surface area (Å²) in [5.74, 6) is 1.74. The minimum Gasteiger partial charge on any atom is -0.455 e. The molecule has 0 bridgehead atoms. The van der Waals surface area contributed by atoms with E-state index in [9.17, 15) is 5.26 Å². The van der Waals surface area contributed by atoms with E-state index in [1.54, 1.807) is 18.3 Å². The van der Waals surface area contributed by atoms with Crippen molar-refractivity contribution >= 4 is 33.0 Å². The molecule has 6 heteroatoms. The Morgan fingerprint density at radius 1 is 0.676 bits per heavy atom. The van der Waals surface area contributed by atoms with Gasteiger partial charge in [0.2, 0.25) is 6.19 Å². The van der Waals surface area contributed by atoms with Crippen LogP contribution in [0.3, 0.4) is 0 Å². The van der Waals surface area contributed by atoms with E-state index in [-0.39, 0.29) is 11.4 Å². The summed E-state index contributed by atoms with van der Waals surface area (Å²) in [7, 11) is 0. The molecule has 4 aromatic carbocycles. The molecule has 34 heavy (non-hydrogen) atoms. The number of hydrogen-bond acceptors (Lipinski definition) is 5. The van der Waals surface area contributed by atoms with Gasteiger partial charge in [0.05, 0.1) is 5.10 Å². The number of aliphatic imine (C=N–C) groups is 1. The lowest BCUT2D eigenvalue weighted by molar-refractivity contribution is 0.443. The molecule has 0 heterocycles. The number of hydrogen-bond donors (Lipinski definition) is 0. The van der Waals surface area contributed by atoms with Gasteiger partial charge in [0, 0.05) is 12.2 Å². The number of benzene rings is 4. The zero-order valence-electron chi connectivity index (χ0n) is 17.8. The van der Waals surface area contributed by atoms with Crippen LogP contribution in [0.4, 0.5) is 0 Å². The Morgan fingerprint density at radius 2 is 1.18 bits per heavy atom. The summed E-state index contributed by atoms with van der Waals surface area (Å²) >= 11 is 0. The van der Waals surface area contributed by atoms with Crippen molar-refractivity contribution in [3.63, 3.8) is 0 Å². The minimum atomic E-state index is 0.273. The molecule has 0 saturated heterocycles. The summed E-state index contributed by atoms with van der Waals surface area (Å²) in [5.41, 5.74) is 0.547. The molecule has 0 spiro atoms. The Kier molecular flexibility index (Phi) is 5.55. The van der Waals surface area contributed by atoms with Gasteiger partial charge < -0.3 is 9.47 Å². The van der Waals surface area contributed by atoms with Crippen molar-refractivity contribution in [1.29, 1.82) is 5.26 Å². The van der Waals surface area contributed by atoms with E-state index in [1.165, 1.54) is 0 Å². The fourth-order valence-corrected chi connectivity index (χ4v) is 3.69. The van der Waals surface area contributed by atoms with Gasteiger partial charge in [-0.15, -0.1) is 4.95 Å². The van der Waals surface area contributed by atoms with E-state index in [2.05, 4.69) is 15.0 Å². The second-order valence-electron chi connectivity index (χ2n) is 7.42. The summed E-state index contributed by atoms with van der Waals surface area (Å²) in [5, 5.41) is 17.3. The number of nitriles is 1. The first-order chi connectivity index (χ1) is 16.7. The molecule has 1 aliphatic rings. The Balaban J connectivity index is 1.48. The SMILES string of the molecule is [C-]#[N+]/N=C1/C=C(Oc2ccc3ccccc3c2)C(=NC#N)C=C1Oc1ccc2ccccc2c1. The molecular weight excluding hydrogens is 424 g/mol. The maximum absolute atomic E-state index is 9.24. The Morgan fingerprint density at radius 3 is 1.71 bits per heavy atom. The highest BCUT2D eigenvalue weighted by atomic mass is 16.5. The van der Waals surface area contributed by atoms with E-state index in [4.69, 9.17) is 16.0 Å². The zero-order valence-corrected chi connectivity index (χ0v) is 17.8. The monoisotopic (exact) mass is 440 g/mol. The maximum Gasteiger partial charge on any atom is 0.206 e. The molecule has 160 valence electrons. The second-order valence-corrected chi connectivity index (χ2v) is 7.42. The number of rotatable bonds is 4. The summed E-state index contributed by atoms with van der Waals surface area (Å²) in [4.78, 5) is 7.07. The van der Waals surface area contributed by atoms with E-state index in [1.807, 2.05) is 84.9 Å². The lowest BCUT2D eigenvalue weighted by atomic mass is 10.1. The van der Waals surface area contributed by atoms with Gasteiger partial charge in [-0.1, -0.05) is 60.7 Å². The van der Waals surface area contributed by atoms with Crippen LogP contribution >= 0.6 is 0 Å². The Labute approximate surface area is 195 Å². The third-order valence-electron chi connectivity index (χ3n) is 5.27. The van der Waals surface area contributed by atoms with Crippen LogP contribution in [0, 0.1) is 18.0 Å². The molecule has 0 unspecified atom stereocenters. The molecule has 0 amide bonds. The molecule has 5 rings (SSSR count). The van der Waals surface area contributed by atoms with Crippen LogP contribution < -0.4 is 9.47 Å². The number of allylic oxidation sites excluding steroid dienone is 2. The predicted octanol–water partition coefficient (Wildman–Crippen LogP) is 6.43. The first-order valence-corrected chi connectivity index (χ1v) is 10.4. The summed E-state index contributed by atoms with van der Waals surface area (Å²) < 4.78 is 12.1. The average Bonchev–Trinajstić information content (AvgIpc) is 2.86. The van der Waals surface area contributed by atoms with E-state index >= 15 is 0 Å². The number of nitrogens with zero attached hydrogens (tertiary/aromatic N) is 4. The van der Waals surface area contributed by atoms with Crippen molar-refractivity contribution in [3.8, 4) is 17.7 Å². The lowest BCUT2D eigenvalue weighted by Gasteiger charge is -2.17. The van der Waals surface area contributed by atoms with Gasteiger partial charge in [-0.25, -0.2) is 0 Å². The third kappa shape index (κ3) is 4.25. The van der Waals surface area contributed by atoms with Crippen LogP contribution in [0.2, 0.25) is 0 Å². The highest BCUT2D eigenvalue weighted by molar-refractivity contribution is 6.22. The van der Waals surface area contributed by atoms with E-state index in [0.29, 0.717) is 23.0 Å². The molecule has 0 radical (unpaired) electrons. The third-order valence-corrected chi connectivity index (χ3v) is 5.27. The maximum atomic E-state index is 9.24.